The van der Waals surface area contributed by atoms with E-state index in [1.807, 2.05) is 71.6 Å². The number of carbonyl (C=O) groups is 2. The largest absolute Gasteiger partial charge is 0.343 e. The van der Waals surface area contributed by atoms with Crippen LogP contribution in [0.2, 0.25) is 0 Å². The zero-order chi connectivity index (χ0) is 24.6. The van der Waals surface area contributed by atoms with Crippen LogP contribution in [0.3, 0.4) is 0 Å². The van der Waals surface area contributed by atoms with E-state index in [0.717, 1.165) is 36.2 Å². The van der Waals surface area contributed by atoms with Gasteiger partial charge in [-0.2, -0.15) is 0 Å². The summed E-state index contributed by atoms with van der Waals surface area (Å²) in [6.07, 6.45) is 2.99. The molecule has 2 aromatic carbocycles. The van der Waals surface area contributed by atoms with E-state index < -0.39 is 6.04 Å². The Labute approximate surface area is 207 Å². The summed E-state index contributed by atoms with van der Waals surface area (Å²) >= 11 is 0. The monoisotopic (exact) mass is 470 g/mol. The third kappa shape index (κ3) is 6.34. The van der Waals surface area contributed by atoms with Crippen LogP contribution in [0.4, 0.5) is 0 Å². The predicted molar refractivity (Wildman–Crippen MR) is 138 cm³/mol. The number of rotatable bonds is 9. The van der Waals surface area contributed by atoms with Gasteiger partial charge in [-0.3, -0.25) is 14.6 Å². The first-order chi connectivity index (χ1) is 17.0. The summed E-state index contributed by atoms with van der Waals surface area (Å²) in [5.41, 5.74) is 4.13. The number of amides is 2. The number of nitrogens with zero attached hydrogens (tertiary/aromatic N) is 2. The summed E-state index contributed by atoms with van der Waals surface area (Å²) < 4.78 is 0. The van der Waals surface area contributed by atoms with E-state index in [-0.39, 0.29) is 23.9 Å². The number of carbonyl (C=O) groups excluding carboxylic acids is 2. The second-order valence-electron chi connectivity index (χ2n) is 9.17. The van der Waals surface area contributed by atoms with Crippen LogP contribution in [0.1, 0.15) is 48.3 Å². The number of pyridine rings is 1. The van der Waals surface area contributed by atoms with E-state index in [1.165, 1.54) is 5.56 Å². The predicted octanol–water partition coefficient (Wildman–Crippen LogP) is 3.67. The van der Waals surface area contributed by atoms with Crippen LogP contribution in [0.15, 0.2) is 78.9 Å². The Morgan fingerprint density at radius 3 is 2.34 bits per heavy atom. The first-order valence-corrected chi connectivity index (χ1v) is 12.4. The molecule has 0 spiro atoms. The average molecular weight is 471 g/mol. The fourth-order valence-electron chi connectivity index (χ4n) is 4.60. The van der Waals surface area contributed by atoms with Crippen molar-refractivity contribution in [2.45, 2.75) is 50.7 Å². The number of hydrogen-bond donors (Lipinski definition) is 2. The molecule has 1 aliphatic rings. The highest BCUT2D eigenvalue weighted by molar-refractivity contribution is 5.90. The number of nitrogens with one attached hydrogen (secondary N) is 2. The minimum atomic E-state index is -0.631. The number of hydrogen-bond acceptors (Lipinski definition) is 4. The summed E-state index contributed by atoms with van der Waals surface area (Å²) in [4.78, 5) is 33.4. The highest BCUT2D eigenvalue weighted by Crippen LogP contribution is 2.32. The molecule has 0 saturated carbocycles. The molecule has 0 unspecified atom stereocenters. The van der Waals surface area contributed by atoms with Crippen LogP contribution in [-0.4, -0.2) is 47.4 Å². The summed E-state index contributed by atoms with van der Waals surface area (Å²) in [6.45, 7) is 2.46. The van der Waals surface area contributed by atoms with E-state index >= 15 is 0 Å². The van der Waals surface area contributed by atoms with Gasteiger partial charge in [0.2, 0.25) is 11.8 Å². The minimum absolute atomic E-state index is 0.0525. The maximum Gasteiger partial charge on any atom is 0.246 e. The molecule has 1 aromatic heterocycles. The van der Waals surface area contributed by atoms with Crippen molar-refractivity contribution in [2.24, 2.45) is 0 Å². The van der Waals surface area contributed by atoms with E-state index in [1.54, 1.807) is 14.0 Å². The SMILES string of the molecule is CN[C@@H](C)C(=O)N[C@@H](Cc1ccccc1)C(=O)N1CCC[C@@H]1c1cccc(Cc2ccccc2)n1. The van der Waals surface area contributed by atoms with E-state index in [2.05, 4.69) is 22.8 Å². The summed E-state index contributed by atoms with van der Waals surface area (Å²) in [7, 11) is 1.74. The van der Waals surface area contributed by atoms with Gasteiger partial charge in [-0.1, -0.05) is 66.7 Å². The summed E-state index contributed by atoms with van der Waals surface area (Å²) in [6, 6.07) is 25.1. The van der Waals surface area contributed by atoms with Crippen LogP contribution >= 0.6 is 0 Å². The normalized spacial score (nSPS) is 17.1. The molecular weight excluding hydrogens is 436 g/mol. The van der Waals surface area contributed by atoms with Gasteiger partial charge in [-0.05, 0) is 50.1 Å². The molecule has 6 nitrogen and oxygen atoms in total. The Kier molecular flexibility index (Phi) is 8.27. The Morgan fingerprint density at radius 2 is 1.66 bits per heavy atom. The van der Waals surface area contributed by atoms with Crippen molar-refractivity contribution in [1.82, 2.24) is 20.5 Å². The Bertz CT molecular complexity index is 1120. The van der Waals surface area contributed by atoms with Gasteiger partial charge < -0.3 is 15.5 Å². The van der Waals surface area contributed by atoms with Crippen molar-refractivity contribution in [3.05, 3.63) is 101 Å². The van der Waals surface area contributed by atoms with Crippen molar-refractivity contribution >= 4 is 11.8 Å². The van der Waals surface area contributed by atoms with Crippen LogP contribution in [0.25, 0.3) is 0 Å². The first-order valence-electron chi connectivity index (χ1n) is 12.4. The van der Waals surface area contributed by atoms with Gasteiger partial charge >= 0.3 is 0 Å². The minimum Gasteiger partial charge on any atom is -0.343 e. The highest BCUT2D eigenvalue weighted by Gasteiger charge is 2.36. The maximum absolute atomic E-state index is 13.8. The average Bonchev–Trinajstić information content (AvgIpc) is 3.39. The molecule has 6 heteroatoms. The smallest absolute Gasteiger partial charge is 0.246 e. The van der Waals surface area contributed by atoms with Gasteiger partial charge in [0.1, 0.15) is 6.04 Å². The standard InChI is InChI=1S/C29H34N4O2/c1-21(30-2)28(34)32-26(20-23-13-7-4-8-14-23)29(35)33-18-10-17-27(33)25-16-9-15-24(31-25)19-22-11-5-3-6-12-22/h3-9,11-16,21,26-27,30H,10,17-20H2,1-2H3,(H,32,34)/t21-,26-,27+/m0/s1. The quantitative estimate of drug-likeness (QED) is 0.500. The van der Waals surface area contributed by atoms with Gasteiger partial charge in [0, 0.05) is 25.1 Å². The lowest BCUT2D eigenvalue weighted by molar-refractivity contribution is -0.137. The Morgan fingerprint density at radius 1 is 0.971 bits per heavy atom. The Balaban J connectivity index is 1.54. The zero-order valence-electron chi connectivity index (χ0n) is 20.5. The van der Waals surface area contributed by atoms with Crippen molar-refractivity contribution in [3.63, 3.8) is 0 Å². The van der Waals surface area contributed by atoms with Crippen molar-refractivity contribution in [1.29, 1.82) is 0 Å². The molecule has 2 N–H and O–H groups in total. The number of benzene rings is 2. The van der Waals surface area contributed by atoms with E-state index in [9.17, 15) is 9.59 Å². The number of aromatic nitrogens is 1. The lowest BCUT2D eigenvalue weighted by atomic mass is 10.0. The molecule has 0 radical (unpaired) electrons. The molecule has 4 rings (SSSR count). The molecule has 2 heterocycles. The van der Waals surface area contributed by atoms with Gasteiger partial charge in [-0.15, -0.1) is 0 Å². The van der Waals surface area contributed by atoms with Gasteiger partial charge in [0.25, 0.3) is 0 Å². The topological polar surface area (TPSA) is 74.3 Å². The first kappa shape index (κ1) is 24.6. The number of likely N-dealkylation sites (N-methyl/N-ethyl adjacent to an activating group) is 1. The fourth-order valence-corrected chi connectivity index (χ4v) is 4.60. The molecule has 1 fully saturated rings. The van der Waals surface area contributed by atoms with Gasteiger partial charge in [0.05, 0.1) is 17.8 Å². The second-order valence-corrected chi connectivity index (χ2v) is 9.17. The highest BCUT2D eigenvalue weighted by atomic mass is 16.2. The van der Waals surface area contributed by atoms with Crippen molar-refractivity contribution in [2.75, 3.05) is 13.6 Å². The molecule has 1 aliphatic heterocycles. The van der Waals surface area contributed by atoms with Gasteiger partial charge in [-0.25, -0.2) is 0 Å². The lowest BCUT2D eigenvalue weighted by Gasteiger charge is -2.30. The molecule has 35 heavy (non-hydrogen) atoms. The number of likely N-dealkylation sites (tertiary alicyclic amines) is 1. The molecule has 3 aromatic rings. The van der Waals surface area contributed by atoms with Crippen LogP contribution in [-0.2, 0) is 22.4 Å². The summed E-state index contributed by atoms with van der Waals surface area (Å²) in [5.74, 6) is -0.233. The summed E-state index contributed by atoms with van der Waals surface area (Å²) in [5, 5.41) is 5.95. The molecule has 0 bridgehead atoms. The third-order valence-corrected chi connectivity index (χ3v) is 6.66. The molecule has 3 atom stereocenters. The lowest BCUT2D eigenvalue weighted by Crippen LogP contribution is -2.53. The van der Waals surface area contributed by atoms with Gasteiger partial charge in [0.15, 0.2) is 0 Å². The van der Waals surface area contributed by atoms with Crippen molar-refractivity contribution in [3.8, 4) is 0 Å². The van der Waals surface area contributed by atoms with Crippen LogP contribution in [0.5, 0.6) is 0 Å². The van der Waals surface area contributed by atoms with E-state index in [4.69, 9.17) is 4.98 Å². The third-order valence-electron chi connectivity index (χ3n) is 6.66. The molecule has 1 saturated heterocycles. The molecule has 182 valence electrons. The second kappa shape index (κ2) is 11.8. The van der Waals surface area contributed by atoms with Crippen molar-refractivity contribution < 1.29 is 9.59 Å². The molecular formula is C29H34N4O2. The molecule has 0 aliphatic carbocycles. The Hall–Kier alpha value is -3.51. The fraction of sp³-hybridized carbons (Fsp3) is 0.345. The zero-order valence-corrected chi connectivity index (χ0v) is 20.5. The molecule has 2 amide bonds. The van der Waals surface area contributed by atoms with E-state index in [0.29, 0.717) is 13.0 Å². The van der Waals surface area contributed by atoms with Crippen LogP contribution in [0, 0.1) is 0 Å². The van der Waals surface area contributed by atoms with Crippen LogP contribution < -0.4 is 10.6 Å². The maximum atomic E-state index is 13.8.